The fourth-order valence-electron chi connectivity index (χ4n) is 1.98. The molecule has 2 heterocycles. The van der Waals surface area contributed by atoms with Gasteiger partial charge in [0.25, 0.3) is 0 Å². The maximum absolute atomic E-state index is 12.0. The van der Waals surface area contributed by atoms with Gasteiger partial charge in [-0.3, -0.25) is 9.59 Å². The second-order valence-corrected chi connectivity index (χ2v) is 4.49. The molecule has 2 aromatic rings. The normalized spacial score (nSPS) is 20.4. The van der Waals surface area contributed by atoms with Gasteiger partial charge in [0.15, 0.2) is 5.82 Å². The summed E-state index contributed by atoms with van der Waals surface area (Å²) in [7, 11) is 0. The second-order valence-electron chi connectivity index (χ2n) is 4.49. The topological polar surface area (TPSA) is 110 Å². The highest BCUT2D eigenvalue weighted by Crippen LogP contribution is 2.39. The summed E-state index contributed by atoms with van der Waals surface area (Å²) in [6.07, 6.45) is 4.78. The number of hydrogen-bond donors (Lipinski definition) is 2. The molecule has 0 saturated heterocycles. The number of nitrogens with zero attached hydrogens (tertiary/aromatic N) is 4. The lowest BCUT2D eigenvalue weighted by molar-refractivity contribution is -0.139. The molecular formula is C12H11N5O3. The minimum absolute atomic E-state index is 0.313. The SMILES string of the molecule is O=C(O)[C@H]1C[C@H]1C(=O)Nc1cccnc1-n1cncn1. The third-order valence-electron chi connectivity index (χ3n) is 3.12. The molecule has 1 saturated carbocycles. The maximum Gasteiger partial charge on any atom is 0.307 e. The predicted molar refractivity (Wildman–Crippen MR) is 67.0 cm³/mol. The number of amides is 1. The van der Waals surface area contributed by atoms with E-state index in [1.807, 2.05) is 0 Å². The fourth-order valence-corrected chi connectivity index (χ4v) is 1.98. The summed E-state index contributed by atoms with van der Waals surface area (Å²) in [5, 5.41) is 15.5. The molecule has 0 spiro atoms. The van der Waals surface area contributed by atoms with Crippen LogP contribution in [0.25, 0.3) is 5.82 Å². The average Bonchev–Trinajstić information content (AvgIpc) is 3.08. The number of carboxylic acid groups (broad SMARTS) is 1. The van der Waals surface area contributed by atoms with E-state index >= 15 is 0 Å². The quantitative estimate of drug-likeness (QED) is 0.830. The Morgan fingerprint density at radius 2 is 2.25 bits per heavy atom. The molecule has 20 heavy (non-hydrogen) atoms. The summed E-state index contributed by atoms with van der Waals surface area (Å²) in [6, 6.07) is 3.36. The molecular weight excluding hydrogens is 262 g/mol. The van der Waals surface area contributed by atoms with E-state index in [2.05, 4.69) is 20.4 Å². The van der Waals surface area contributed by atoms with Gasteiger partial charge in [-0.15, -0.1) is 0 Å². The smallest absolute Gasteiger partial charge is 0.307 e. The van der Waals surface area contributed by atoms with Crippen LogP contribution in [-0.4, -0.2) is 36.7 Å². The summed E-state index contributed by atoms with van der Waals surface area (Å²) in [5.41, 5.74) is 0.471. The van der Waals surface area contributed by atoms with Gasteiger partial charge in [0, 0.05) is 6.20 Å². The minimum atomic E-state index is -0.937. The van der Waals surface area contributed by atoms with E-state index in [1.54, 1.807) is 18.3 Å². The molecule has 0 aromatic carbocycles. The second kappa shape index (κ2) is 4.72. The molecule has 1 aliphatic carbocycles. The summed E-state index contributed by atoms with van der Waals surface area (Å²) in [6.45, 7) is 0. The van der Waals surface area contributed by atoms with E-state index in [0.717, 1.165) is 0 Å². The zero-order valence-electron chi connectivity index (χ0n) is 10.3. The van der Waals surface area contributed by atoms with Crippen LogP contribution in [0.3, 0.4) is 0 Å². The van der Waals surface area contributed by atoms with Crippen molar-refractivity contribution in [3.05, 3.63) is 31.0 Å². The Labute approximate surface area is 113 Å². The molecule has 2 aromatic heterocycles. The highest BCUT2D eigenvalue weighted by atomic mass is 16.4. The highest BCUT2D eigenvalue weighted by Gasteiger charge is 2.48. The highest BCUT2D eigenvalue weighted by molar-refractivity contribution is 5.99. The molecule has 3 rings (SSSR count). The van der Waals surface area contributed by atoms with E-state index in [1.165, 1.54) is 17.3 Å². The lowest BCUT2D eigenvalue weighted by atomic mass is 10.3. The van der Waals surface area contributed by atoms with E-state index < -0.39 is 17.8 Å². The van der Waals surface area contributed by atoms with Gasteiger partial charge in [-0.05, 0) is 18.6 Å². The van der Waals surface area contributed by atoms with Gasteiger partial charge in [-0.1, -0.05) is 0 Å². The Hall–Kier alpha value is -2.77. The number of carboxylic acids is 1. The van der Waals surface area contributed by atoms with E-state index in [4.69, 9.17) is 5.11 Å². The van der Waals surface area contributed by atoms with Crippen molar-refractivity contribution in [1.82, 2.24) is 19.7 Å². The van der Waals surface area contributed by atoms with Gasteiger partial charge in [0.2, 0.25) is 5.91 Å². The largest absolute Gasteiger partial charge is 0.481 e. The number of anilines is 1. The molecule has 0 aliphatic heterocycles. The molecule has 0 radical (unpaired) electrons. The van der Waals surface area contributed by atoms with Gasteiger partial charge in [0.05, 0.1) is 17.5 Å². The molecule has 1 amide bonds. The lowest BCUT2D eigenvalue weighted by Crippen LogP contribution is -2.18. The van der Waals surface area contributed by atoms with Crippen molar-refractivity contribution in [1.29, 1.82) is 0 Å². The first-order valence-electron chi connectivity index (χ1n) is 6.00. The van der Waals surface area contributed by atoms with Crippen molar-refractivity contribution in [2.75, 3.05) is 5.32 Å². The average molecular weight is 273 g/mol. The summed E-state index contributed by atoms with van der Waals surface area (Å²) >= 11 is 0. The molecule has 1 fully saturated rings. The Kier molecular flexibility index (Phi) is 2.90. The van der Waals surface area contributed by atoms with E-state index in [-0.39, 0.29) is 5.91 Å². The van der Waals surface area contributed by atoms with Crippen LogP contribution in [0.2, 0.25) is 0 Å². The first kappa shape index (κ1) is 12.3. The van der Waals surface area contributed by atoms with Gasteiger partial charge >= 0.3 is 5.97 Å². The number of pyridine rings is 1. The zero-order chi connectivity index (χ0) is 14.1. The molecule has 0 bridgehead atoms. The molecule has 2 N–H and O–H groups in total. The van der Waals surface area contributed by atoms with Crippen molar-refractivity contribution in [3.63, 3.8) is 0 Å². The van der Waals surface area contributed by atoms with Crippen molar-refractivity contribution < 1.29 is 14.7 Å². The lowest BCUT2D eigenvalue weighted by Gasteiger charge is -2.09. The van der Waals surface area contributed by atoms with E-state index in [9.17, 15) is 9.59 Å². The van der Waals surface area contributed by atoms with Crippen LogP contribution in [0.1, 0.15) is 6.42 Å². The maximum atomic E-state index is 12.0. The Morgan fingerprint density at radius 3 is 2.90 bits per heavy atom. The molecule has 8 heteroatoms. The van der Waals surface area contributed by atoms with Crippen LogP contribution in [-0.2, 0) is 9.59 Å². The number of aromatic nitrogens is 4. The number of aliphatic carboxylic acids is 1. The van der Waals surface area contributed by atoms with Gasteiger partial charge in [-0.2, -0.15) is 5.10 Å². The molecule has 1 aliphatic rings. The molecule has 102 valence electrons. The van der Waals surface area contributed by atoms with Crippen LogP contribution in [0.15, 0.2) is 31.0 Å². The number of carbonyl (C=O) groups is 2. The predicted octanol–water partition coefficient (Wildman–Crippen LogP) is 0.322. The Morgan fingerprint density at radius 1 is 1.40 bits per heavy atom. The molecule has 0 unspecified atom stereocenters. The van der Waals surface area contributed by atoms with Crippen LogP contribution >= 0.6 is 0 Å². The summed E-state index contributed by atoms with van der Waals surface area (Å²) < 4.78 is 1.43. The van der Waals surface area contributed by atoms with Gasteiger partial charge in [-0.25, -0.2) is 14.6 Å². The molecule has 8 nitrogen and oxygen atoms in total. The fraction of sp³-hybridized carbons (Fsp3) is 0.250. The van der Waals surface area contributed by atoms with Gasteiger partial charge < -0.3 is 10.4 Å². The van der Waals surface area contributed by atoms with Gasteiger partial charge in [0.1, 0.15) is 12.7 Å². The van der Waals surface area contributed by atoms with Crippen LogP contribution in [0.5, 0.6) is 0 Å². The molecule has 2 atom stereocenters. The third kappa shape index (κ3) is 2.22. The van der Waals surface area contributed by atoms with Crippen molar-refractivity contribution in [2.45, 2.75) is 6.42 Å². The van der Waals surface area contributed by atoms with Crippen molar-refractivity contribution in [3.8, 4) is 5.82 Å². The number of nitrogens with one attached hydrogen (secondary N) is 1. The minimum Gasteiger partial charge on any atom is -0.481 e. The third-order valence-corrected chi connectivity index (χ3v) is 3.12. The standard InChI is InChI=1S/C12H11N5O3/c18-11(7-4-8(7)12(19)20)16-9-2-1-3-14-10(9)17-6-13-5-15-17/h1-3,5-8H,4H2,(H,16,18)(H,19,20)/t7-,8+/m1/s1. The number of carbonyl (C=O) groups excluding carboxylic acids is 1. The first-order valence-corrected chi connectivity index (χ1v) is 6.00. The summed E-state index contributed by atoms with van der Waals surface area (Å²) in [5.74, 6) is -1.87. The zero-order valence-corrected chi connectivity index (χ0v) is 10.3. The number of rotatable bonds is 4. The Bertz CT molecular complexity index is 655. The number of hydrogen-bond acceptors (Lipinski definition) is 5. The van der Waals surface area contributed by atoms with Crippen molar-refractivity contribution >= 4 is 17.6 Å². The van der Waals surface area contributed by atoms with E-state index in [0.29, 0.717) is 17.9 Å². The Balaban J connectivity index is 1.79. The monoisotopic (exact) mass is 273 g/mol. The van der Waals surface area contributed by atoms with Crippen molar-refractivity contribution in [2.24, 2.45) is 11.8 Å². The van der Waals surface area contributed by atoms with Crippen LogP contribution < -0.4 is 5.32 Å². The van der Waals surface area contributed by atoms with Crippen LogP contribution in [0, 0.1) is 11.8 Å². The first-order chi connectivity index (χ1) is 9.66. The van der Waals surface area contributed by atoms with Crippen LogP contribution in [0.4, 0.5) is 5.69 Å². The summed E-state index contributed by atoms with van der Waals surface area (Å²) in [4.78, 5) is 30.7.